The van der Waals surface area contributed by atoms with Crippen molar-refractivity contribution in [2.45, 2.75) is 0 Å². The molecule has 21 heavy (non-hydrogen) atoms. The maximum absolute atomic E-state index is 11.0. The van der Waals surface area contributed by atoms with Gasteiger partial charge in [0.05, 0.1) is 12.7 Å². The highest BCUT2D eigenvalue weighted by Crippen LogP contribution is 2.31. The van der Waals surface area contributed by atoms with Crippen LogP contribution in [0.2, 0.25) is 0 Å². The molecule has 0 amide bonds. The number of carboxylic acids is 1. The van der Waals surface area contributed by atoms with Gasteiger partial charge in [-0.15, -0.1) is 0 Å². The first-order chi connectivity index (χ1) is 10.0. The lowest BCUT2D eigenvalue weighted by Crippen LogP contribution is -2.12. The van der Waals surface area contributed by atoms with E-state index in [4.69, 9.17) is 14.6 Å². The maximum Gasteiger partial charge on any atom is 0.335 e. The molecule has 0 spiro atoms. The van der Waals surface area contributed by atoms with E-state index in [1.54, 1.807) is 17.2 Å². The van der Waals surface area contributed by atoms with E-state index in [2.05, 4.69) is 9.97 Å². The van der Waals surface area contributed by atoms with Crippen molar-refractivity contribution in [3.8, 4) is 17.4 Å². The largest absolute Gasteiger partial charge is 0.493 e. The first-order valence-electron chi connectivity index (χ1n) is 6.11. The summed E-state index contributed by atoms with van der Waals surface area (Å²) >= 11 is 0. The molecule has 0 radical (unpaired) electrons. The van der Waals surface area contributed by atoms with Gasteiger partial charge in [0, 0.05) is 26.4 Å². The Labute approximate surface area is 121 Å². The van der Waals surface area contributed by atoms with Crippen LogP contribution in [0.15, 0.2) is 30.5 Å². The second kappa shape index (κ2) is 6.08. The van der Waals surface area contributed by atoms with E-state index >= 15 is 0 Å². The van der Waals surface area contributed by atoms with Crippen molar-refractivity contribution in [2.75, 3.05) is 26.1 Å². The number of nitrogens with zero attached hydrogens (tertiary/aromatic N) is 3. The van der Waals surface area contributed by atoms with Crippen LogP contribution in [0.3, 0.4) is 0 Å². The van der Waals surface area contributed by atoms with Gasteiger partial charge in [0.25, 0.3) is 0 Å². The number of hydrogen-bond donors (Lipinski definition) is 1. The molecule has 1 heterocycles. The van der Waals surface area contributed by atoms with Gasteiger partial charge in [-0.25, -0.2) is 9.78 Å². The molecule has 2 aromatic rings. The van der Waals surface area contributed by atoms with E-state index in [1.165, 1.54) is 25.3 Å². The van der Waals surface area contributed by atoms with Crippen molar-refractivity contribution >= 4 is 11.9 Å². The predicted octanol–water partition coefficient (Wildman–Crippen LogP) is 2.04. The number of carbonyl (C=O) groups is 1. The molecule has 110 valence electrons. The Morgan fingerprint density at radius 1 is 1.24 bits per heavy atom. The molecule has 1 aromatic heterocycles. The van der Waals surface area contributed by atoms with Gasteiger partial charge < -0.3 is 19.5 Å². The number of aromatic carboxylic acids is 1. The lowest BCUT2D eigenvalue weighted by Gasteiger charge is -2.13. The zero-order valence-corrected chi connectivity index (χ0v) is 11.9. The third-order valence-electron chi connectivity index (χ3n) is 2.64. The molecule has 7 nitrogen and oxygen atoms in total. The average Bonchev–Trinajstić information content (AvgIpc) is 2.47. The molecule has 2 rings (SSSR count). The molecule has 0 saturated carbocycles. The fourth-order valence-corrected chi connectivity index (χ4v) is 1.61. The Morgan fingerprint density at radius 3 is 2.62 bits per heavy atom. The van der Waals surface area contributed by atoms with Crippen LogP contribution in [0.5, 0.6) is 17.4 Å². The standard InChI is InChI=1S/C14H15N3O4/c1-17(2)14-15-7-6-12(16-14)21-11-8-9(13(18)19)4-5-10(11)20-3/h4-8H,1-3H3,(H,18,19). The van der Waals surface area contributed by atoms with E-state index < -0.39 is 5.97 Å². The highest BCUT2D eigenvalue weighted by Gasteiger charge is 2.12. The summed E-state index contributed by atoms with van der Waals surface area (Å²) in [4.78, 5) is 21.0. The monoisotopic (exact) mass is 289 g/mol. The number of ether oxygens (including phenoxy) is 2. The molecule has 0 aliphatic heterocycles. The highest BCUT2D eigenvalue weighted by atomic mass is 16.5. The topological polar surface area (TPSA) is 84.8 Å². The van der Waals surface area contributed by atoms with Crippen molar-refractivity contribution in [1.82, 2.24) is 9.97 Å². The predicted molar refractivity (Wildman–Crippen MR) is 76.4 cm³/mol. The van der Waals surface area contributed by atoms with Crippen molar-refractivity contribution in [3.05, 3.63) is 36.0 Å². The summed E-state index contributed by atoms with van der Waals surface area (Å²) in [5.74, 6) is 0.445. The van der Waals surface area contributed by atoms with Gasteiger partial charge in [-0.3, -0.25) is 0 Å². The zero-order chi connectivity index (χ0) is 15.4. The second-order valence-electron chi connectivity index (χ2n) is 4.36. The molecule has 0 unspecified atom stereocenters. The summed E-state index contributed by atoms with van der Waals surface area (Å²) in [7, 11) is 5.10. The fourth-order valence-electron chi connectivity index (χ4n) is 1.61. The van der Waals surface area contributed by atoms with Crippen LogP contribution in [-0.2, 0) is 0 Å². The molecule has 1 aromatic carbocycles. The van der Waals surface area contributed by atoms with Crippen LogP contribution in [-0.4, -0.2) is 42.2 Å². The van der Waals surface area contributed by atoms with Gasteiger partial charge in [-0.2, -0.15) is 4.98 Å². The third-order valence-corrected chi connectivity index (χ3v) is 2.64. The van der Waals surface area contributed by atoms with Gasteiger partial charge in [0.1, 0.15) is 0 Å². The SMILES string of the molecule is COc1ccc(C(=O)O)cc1Oc1ccnc(N(C)C)n1. The summed E-state index contributed by atoms with van der Waals surface area (Å²) in [6, 6.07) is 5.95. The van der Waals surface area contributed by atoms with Gasteiger partial charge >= 0.3 is 5.97 Å². The minimum absolute atomic E-state index is 0.104. The average molecular weight is 289 g/mol. The molecule has 7 heteroatoms. The van der Waals surface area contributed by atoms with Crippen LogP contribution in [0.1, 0.15) is 10.4 Å². The number of methoxy groups -OCH3 is 1. The highest BCUT2D eigenvalue weighted by molar-refractivity contribution is 5.88. The van der Waals surface area contributed by atoms with Crippen LogP contribution < -0.4 is 14.4 Å². The molecule has 1 N–H and O–H groups in total. The molecule has 0 atom stereocenters. The lowest BCUT2D eigenvalue weighted by atomic mass is 10.2. The Morgan fingerprint density at radius 2 is 2.00 bits per heavy atom. The number of aromatic nitrogens is 2. The lowest BCUT2D eigenvalue weighted by molar-refractivity contribution is 0.0696. The summed E-state index contributed by atoms with van der Waals surface area (Å²) < 4.78 is 10.8. The number of benzene rings is 1. The Balaban J connectivity index is 2.35. The minimum Gasteiger partial charge on any atom is -0.493 e. The zero-order valence-electron chi connectivity index (χ0n) is 11.9. The Hall–Kier alpha value is -2.83. The van der Waals surface area contributed by atoms with E-state index in [0.717, 1.165) is 0 Å². The first kappa shape index (κ1) is 14.6. The van der Waals surface area contributed by atoms with Crippen LogP contribution in [0.25, 0.3) is 0 Å². The van der Waals surface area contributed by atoms with Gasteiger partial charge in [0.2, 0.25) is 11.8 Å². The first-order valence-corrected chi connectivity index (χ1v) is 6.11. The number of rotatable bonds is 5. The van der Waals surface area contributed by atoms with Crippen LogP contribution in [0, 0.1) is 0 Å². The summed E-state index contributed by atoms with van der Waals surface area (Å²) in [6.07, 6.45) is 1.56. The van der Waals surface area contributed by atoms with Gasteiger partial charge in [-0.05, 0) is 18.2 Å². The Kier molecular flexibility index (Phi) is 4.22. The van der Waals surface area contributed by atoms with Gasteiger partial charge in [-0.1, -0.05) is 0 Å². The molecule has 0 aliphatic carbocycles. The van der Waals surface area contributed by atoms with E-state index in [9.17, 15) is 4.79 Å². The van der Waals surface area contributed by atoms with Crippen molar-refractivity contribution in [1.29, 1.82) is 0 Å². The molecule has 0 saturated heterocycles. The van der Waals surface area contributed by atoms with E-state index in [0.29, 0.717) is 17.6 Å². The minimum atomic E-state index is -1.04. The quantitative estimate of drug-likeness (QED) is 0.901. The molecular formula is C14H15N3O4. The second-order valence-corrected chi connectivity index (χ2v) is 4.36. The molecule has 0 bridgehead atoms. The summed E-state index contributed by atoms with van der Waals surface area (Å²) in [5.41, 5.74) is 0.104. The number of carboxylic acid groups (broad SMARTS) is 1. The van der Waals surface area contributed by atoms with Crippen molar-refractivity contribution in [3.63, 3.8) is 0 Å². The summed E-state index contributed by atoms with van der Waals surface area (Å²) in [6.45, 7) is 0. The molecular weight excluding hydrogens is 274 g/mol. The van der Waals surface area contributed by atoms with E-state index in [-0.39, 0.29) is 11.3 Å². The van der Waals surface area contributed by atoms with Gasteiger partial charge in [0.15, 0.2) is 11.5 Å². The third kappa shape index (κ3) is 3.38. The number of hydrogen-bond acceptors (Lipinski definition) is 6. The normalized spacial score (nSPS) is 10.0. The van der Waals surface area contributed by atoms with Crippen LogP contribution >= 0.6 is 0 Å². The van der Waals surface area contributed by atoms with E-state index in [1.807, 2.05) is 14.1 Å². The smallest absolute Gasteiger partial charge is 0.335 e. The molecule has 0 aliphatic rings. The maximum atomic E-state index is 11.0. The Bertz CT molecular complexity index is 658. The van der Waals surface area contributed by atoms with Crippen LogP contribution in [0.4, 0.5) is 5.95 Å². The fraction of sp³-hybridized carbons (Fsp3) is 0.214. The summed E-state index contributed by atoms with van der Waals surface area (Å²) in [5, 5.41) is 9.03. The van der Waals surface area contributed by atoms with Crippen molar-refractivity contribution < 1.29 is 19.4 Å². The number of anilines is 1. The molecule has 0 fully saturated rings. The van der Waals surface area contributed by atoms with Crippen molar-refractivity contribution in [2.24, 2.45) is 0 Å².